The Hall–Kier alpha value is -1.50. The highest BCUT2D eigenvalue weighted by Gasteiger charge is 2.27. The zero-order valence-corrected chi connectivity index (χ0v) is 10.1. The van der Waals surface area contributed by atoms with E-state index >= 15 is 0 Å². The summed E-state index contributed by atoms with van der Waals surface area (Å²) in [6.07, 6.45) is 5.33. The van der Waals surface area contributed by atoms with Crippen LogP contribution in [-0.4, -0.2) is 35.0 Å². The van der Waals surface area contributed by atoms with Gasteiger partial charge in [-0.25, -0.2) is 0 Å². The third-order valence-corrected chi connectivity index (χ3v) is 2.28. The van der Waals surface area contributed by atoms with Crippen molar-refractivity contribution in [1.29, 1.82) is 0 Å². The highest BCUT2D eigenvalue weighted by atomic mass is 16.4. The van der Waals surface area contributed by atoms with E-state index in [1.807, 2.05) is 6.92 Å². The summed E-state index contributed by atoms with van der Waals surface area (Å²) in [4.78, 5) is 23.9. The predicted molar refractivity (Wildman–Crippen MR) is 61.7 cm³/mol. The van der Waals surface area contributed by atoms with E-state index in [0.29, 0.717) is 6.54 Å². The lowest BCUT2D eigenvalue weighted by Crippen LogP contribution is -2.35. The molecule has 0 bridgehead atoms. The molecule has 0 aromatic heterocycles. The average molecular weight is 225 g/mol. The third kappa shape index (κ3) is 5.40. The summed E-state index contributed by atoms with van der Waals surface area (Å²) in [5, 5.41) is 8.70. The van der Waals surface area contributed by atoms with Gasteiger partial charge in [-0.2, -0.15) is 0 Å². The highest BCUT2D eigenvalue weighted by molar-refractivity contribution is 5.78. The van der Waals surface area contributed by atoms with Crippen LogP contribution in [0.25, 0.3) is 0 Å². The summed E-state index contributed by atoms with van der Waals surface area (Å²) in [6, 6.07) is 0. The van der Waals surface area contributed by atoms with Crippen molar-refractivity contribution in [2.24, 2.45) is 5.41 Å². The number of amides is 1. The Morgan fingerprint density at radius 1 is 1.38 bits per heavy atom. The van der Waals surface area contributed by atoms with E-state index in [1.165, 1.54) is 0 Å². The van der Waals surface area contributed by atoms with Crippen molar-refractivity contribution in [3.63, 3.8) is 0 Å². The van der Waals surface area contributed by atoms with Gasteiger partial charge < -0.3 is 10.0 Å². The van der Waals surface area contributed by atoms with Gasteiger partial charge >= 0.3 is 5.97 Å². The van der Waals surface area contributed by atoms with E-state index in [2.05, 4.69) is 5.92 Å². The zero-order chi connectivity index (χ0) is 12.8. The fraction of sp³-hybridized carbons (Fsp3) is 0.667. The molecule has 4 heteroatoms. The summed E-state index contributed by atoms with van der Waals surface area (Å²) in [6.45, 7) is 6.20. The predicted octanol–water partition coefficient (Wildman–Crippen LogP) is 1.36. The van der Waals surface area contributed by atoms with Crippen molar-refractivity contribution in [2.75, 3.05) is 13.1 Å². The number of terminal acetylenes is 1. The monoisotopic (exact) mass is 225 g/mol. The fourth-order valence-electron chi connectivity index (χ4n) is 1.48. The molecular formula is C12H19NO3. The summed E-state index contributed by atoms with van der Waals surface area (Å²) in [5.41, 5.74) is -0.537. The van der Waals surface area contributed by atoms with Crippen LogP contribution in [0.3, 0.4) is 0 Å². The van der Waals surface area contributed by atoms with E-state index in [-0.39, 0.29) is 25.3 Å². The molecule has 0 aliphatic rings. The maximum absolute atomic E-state index is 11.8. The number of hydrogen-bond donors (Lipinski definition) is 1. The highest BCUT2D eigenvalue weighted by Crippen LogP contribution is 2.25. The first kappa shape index (κ1) is 14.5. The minimum absolute atomic E-state index is 0.0215. The van der Waals surface area contributed by atoms with Crippen LogP contribution < -0.4 is 0 Å². The van der Waals surface area contributed by atoms with Crippen LogP contribution in [-0.2, 0) is 9.59 Å². The van der Waals surface area contributed by atoms with Gasteiger partial charge in [0.05, 0.1) is 13.0 Å². The van der Waals surface area contributed by atoms with E-state index in [4.69, 9.17) is 11.5 Å². The largest absolute Gasteiger partial charge is 0.481 e. The Bertz CT molecular complexity index is 302. The number of aliphatic carboxylic acids is 1. The van der Waals surface area contributed by atoms with Crippen LogP contribution in [0, 0.1) is 17.8 Å². The Kier molecular flexibility index (Phi) is 5.59. The van der Waals surface area contributed by atoms with Gasteiger partial charge in [0.2, 0.25) is 5.91 Å². The second-order valence-corrected chi connectivity index (χ2v) is 4.52. The first-order valence-corrected chi connectivity index (χ1v) is 5.25. The van der Waals surface area contributed by atoms with Gasteiger partial charge in [0.25, 0.3) is 0 Å². The summed E-state index contributed by atoms with van der Waals surface area (Å²) in [5.74, 6) is 1.43. The van der Waals surface area contributed by atoms with Gasteiger partial charge in [0.15, 0.2) is 0 Å². The van der Waals surface area contributed by atoms with Crippen LogP contribution in [0.2, 0.25) is 0 Å². The molecule has 1 N–H and O–H groups in total. The van der Waals surface area contributed by atoms with E-state index < -0.39 is 11.4 Å². The number of rotatable bonds is 6. The van der Waals surface area contributed by atoms with Gasteiger partial charge in [-0.3, -0.25) is 9.59 Å². The number of carboxylic acid groups (broad SMARTS) is 1. The molecule has 0 saturated carbocycles. The molecule has 0 unspecified atom stereocenters. The van der Waals surface area contributed by atoms with Crippen molar-refractivity contribution in [3.8, 4) is 12.3 Å². The molecule has 0 heterocycles. The smallest absolute Gasteiger partial charge is 0.303 e. The van der Waals surface area contributed by atoms with Gasteiger partial charge in [0.1, 0.15) is 0 Å². The molecule has 0 radical (unpaired) electrons. The minimum atomic E-state index is -0.891. The fourth-order valence-corrected chi connectivity index (χ4v) is 1.48. The van der Waals surface area contributed by atoms with E-state index in [0.717, 1.165) is 0 Å². The van der Waals surface area contributed by atoms with Crippen LogP contribution in [0.15, 0.2) is 0 Å². The lowest BCUT2D eigenvalue weighted by atomic mass is 9.85. The van der Waals surface area contributed by atoms with Crippen LogP contribution in [0.4, 0.5) is 0 Å². The van der Waals surface area contributed by atoms with Crippen LogP contribution >= 0.6 is 0 Å². The number of carbonyl (C=O) groups is 2. The first-order valence-electron chi connectivity index (χ1n) is 5.25. The minimum Gasteiger partial charge on any atom is -0.481 e. The number of nitrogens with zero attached hydrogens (tertiary/aromatic N) is 1. The van der Waals surface area contributed by atoms with Crippen molar-refractivity contribution in [2.45, 2.75) is 33.6 Å². The van der Waals surface area contributed by atoms with Crippen molar-refractivity contribution in [3.05, 3.63) is 0 Å². The molecule has 0 aromatic rings. The normalized spacial score (nSPS) is 10.6. The number of hydrogen-bond acceptors (Lipinski definition) is 2. The molecule has 0 rings (SSSR count). The molecule has 0 fully saturated rings. The SMILES string of the molecule is C#CCN(CC)C(=O)CC(C)(C)CC(=O)O. The van der Waals surface area contributed by atoms with Crippen LogP contribution in [0.1, 0.15) is 33.6 Å². The van der Waals surface area contributed by atoms with Crippen LogP contribution in [0.5, 0.6) is 0 Å². The Balaban J connectivity index is 4.42. The molecule has 1 amide bonds. The molecule has 0 atom stereocenters. The topological polar surface area (TPSA) is 57.6 Å². The summed E-state index contributed by atoms with van der Waals surface area (Å²) >= 11 is 0. The van der Waals surface area contributed by atoms with E-state index in [1.54, 1.807) is 18.7 Å². The Labute approximate surface area is 96.6 Å². The van der Waals surface area contributed by atoms with Gasteiger partial charge in [-0.15, -0.1) is 6.42 Å². The molecule has 0 aliphatic heterocycles. The van der Waals surface area contributed by atoms with Crippen molar-refractivity contribution in [1.82, 2.24) is 4.90 Å². The summed E-state index contributed by atoms with van der Waals surface area (Å²) < 4.78 is 0. The Morgan fingerprint density at radius 2 is 1.94 bits per heavy atom. The summed E-state index contributed by atoms with van der Waals surface area (Å²) in [7, 11) is 0. The second kappa shape index (κ2) is 6.16. The molecule has 0 spiro atoms. The lowest BCUT2D eigenvalue weighted by molar-refractivity contribution is -0.140. The molecule has 0 aromatic carbocycles. The van der Waals surface area contributed by atoms with E-state index in [9.17, 15) is 9.59 Å². The molecule has 90 valence electrons. The maximum atomic E-state index is 11.8. The number of carbonyl (C=O) groups excluding carboxylic acids is 1. The van der Waals surface area contributed by atoms with Gasteiger partial charge in [0, 0.05) is 13.0 Å². The maximum Gasteiger partial charge on any atom is 0.303 e. The molecular weight excluding hydrogens is 206 g/mol. The zero-order valence-electron chi connectivity index (χ0n) is 10.1. The first-order chi connectivity index (χ1) is 7.32. The molecule has 0 saturated heterocycles. The molecule has 16 heavy (non-hydrogen) atoms. The number of carboxylic acids is 1. The quantitative estimate of drug-likeness (QED) is 0.694. The second-order valence-electron chi connectivity index (χ2n) is 4.52. The standard InChI is InChI=1S/C12H19NO3/c1-5-7-13(6-2)10(14)8-12(3,4)9-11(15)16/h1H,6-9H2,2-4H3,(H,15,16). The lowest BCUT2D eigenvalue weighted by Gasteiger charge is -2.26. The third-order valence-electron chi connectivity index (χ3n) is 2.28. The van der Waals surface area contributed by atoms with Crippen molar-refractivity contribution < 1.29 is 14.7 Å². The molecule has 0 aliphatic carbocycles. The van der Waals surface area contributed by atoms with Gasteiger partial charge in [-0.05, 0) is 12.3 Å². The van der Waals surface area contributed by atoms with Gasteiger partial charge in [-0.1, -0.05) is 19.8 Å². The van der Waals surface area contributed by atoms with Crippen molar-refractivity contribution >= 4 is 11.9 Å². The average Bonchev–Trinajstić information content (AvgIpc) is 2.10. The Morgan fingerprint density at radius 3 is 2.31 bits per heavy atom. The molecule has 4 nitrogen and oxygen atoms in total.